The number of benzene rings is 1. The maximum Gasteiger partial charge on any atom is 0.410 e. The number of ether oxygens (including phenoxy) is 2. The minimum atomic E-state index is -1.24. The number of nitro benzene ring substituents is 1. The summed E-state index contributed by atoms with van der Waals surface area (Å²) in [5.74, 6) is -3.39. The van der Waals surface area contributed by atoms with Crippen molar-refractivity contribution in [2.75, 3.05) is 13.1 Å². The van der Waals surface area contributed by atoms with Crippen molar-refractivity contribution in [1.29, 1.82) is 0 Å². The first kappa shape index (κ1) is 20.8. The van der Waals surface area contributed by atoms with Crippen LogP contribution in [0, 0.1) is 21.8 Å². The number of rotatable bonds is 2. The van der Waals surface area contributed by atoms with E-state index in [1.807, 2.05) is 0 Å². The van der Waals surface area contributed by atoms with Crippen LogP contribution >= 0.6 is 0 Å². The summed E-state index contributed by atoms with van der Waals surface area (Å²) in [6.45, 7) is 6.14. The van der Waals surface area contributed by atoms with Gasteiger partial charge in [0.05, 0.1) is 10.5 Å². The molecule has 10 heteroatoms. The van der Waals surface area contributed by atoms with Crippen molar-refractivity contribution in [2.45, 2.75) is 51.7 Å². The van der Waals surface area contributed by atoms with Crippen molar-refractivity contribution in [2.24, 2.45) is 5.92 Å². The molecular formula is C19H23FN2O7. The maximum absolute atomic E-state index is 13.8. The molecule has 3 rings (SSSR count). The lowest BCUT2D eigenvalue weighted by Gasteiger charge is -2.37. The first-order valence-corrected chi connectivity index (χ1v) is 9.35. The molecule has 0 saturated carbocycles. The normalized spacial score (nSPS) is 20.1. The van der Waals surface area contributed by atoms with Crippen LogP contribution in [0.3, 0.4) is 0 Å². The van der Waals surface area contributed by atoms with Gasteiger partial charge in [-0.1, -0.05) is 0 Å². The number of amides is 1. The quantitative estimate of drug-likeness (QED) is 0.586. The van der Waals surface area contributed by atoms with E-state index < -0.39 is 51.5 Å². The minimum Gasteiger partial charge on any atom is -0.500 e. The summed E-state index contributed by atoms with van der Waals surface area (Å²) in [5, 5.41) is 21.0. The summed E-state index contributed by atoms with van der Waals surface area (Å²) in [5.41, 5.74) is -1.79. The van der Waals surface area contributed by atoms with Gasteiger partial charge in [-0.15, -0.1) is 0 Å². The van der Waals surface area contributed by atoms with Gasteiger partial charge in [0.2, 0.25) is 11.5 Å². The number of likely N-dealkylation sites (tertiary alicyclic amines) is 1. The molecule has 0 aliphatic carbocycles. The summed E-state index contributed by atoms with van der Waals surface area (Å²) in [4.78, 5) is 36.6. The van der Waals surface area contributed by atoms with Gasteiger partial charge < -0.3 is 19.5 Å². The van der Waals surface area contributed by atoms with Crippen LogP contribution in [0.1, 0.15) is 50.4 Å². The molecule has 1 N–H and O–H groups in total. The van der Waals surface area contributed by atoms with E-state index in [1.54, 1.807) is 25.7 Å². The Morgan fingerprint density at radius 1 is 1.38 bits per heavy atom. The molecule has 0 bridgehead atoms. The first-order valence-electron chi connectivity index (χ1n) is 9.35. The van der Waals surface area contributed by atoms with Crippen molar-refractivity contribution in [3.05, 3.63) is 27.6 Å². The van der Waals surface area contributed by atoms with Crippen LogP contribution < -0.4 is 4.74 Å². The van der Waals surface area contributed by atoms with Crippen LogP contribution in [0.25, 0.3) is 0 Å². The topological polar surface area (TPSA) is 119 Å². The van der Waals surface area contributed by atoms with Gasteiger partial charge >= 0.3 is 11.8 Å². The molecule has 1 atom stereocenters. The number of phenols is 1. The molecule has 158 valence electrons. The molecule has 1 fully saturated rings. The van der Waals surface area contributed by atoms with Crippen molar-refractivity contribution < 1.29 is 33.5 Å². The first-order chi connectivity index (χ1) is 13.5. The summed E-state index contributed by atoms with van der Waals surface area (Å²) < 4.78 is 24.9. The number of nitro groups is 1. The Kier molecular flexibility index (Phi) is 5.38. The maximum atomic E-state index is 13.8. The fourth-order valence-corrected chi connectivity index (χ4v) is 3.63. The molecule has 2 heterocycles. The molecule has 9 nitrogen and oxygen atoms in total. The average molecular weight is 410 g/mol. The Labute approximate surface area is 166 Å². The monoisotopic (exact) mass is 410 g/mol. The van der Waals surface area contributed by atoms with Gasteiger partial charge in [0.25, 0.3) is 0 Å². The van der Waals surface area contributed by atoms with E-state index in [9.17, 15) is 29.2 Å². The number of hydrogen-bond acceptors (Lipinski definition) is 7. The molecule has 1 unspecified atom stereocenters. The standard InChI is InChI=1S/C19H23FN2O7/c1-19(2,3)29-18(25)21-6-4-10(5-7-21)14-9-13(23)11-8-12(20)16(24)15(22(26)27)17(11)28-14/h8,10,14,24H,4-7,9H2,1-3H3. The fraction of sp³-hybridized carbons (Fsp3) is 0.579. The predicted molar refractivity (Wildman–Crippen MR) is 98.6 cm³/mol. The third kappa shape index (κ3) is 4.25. The highest BCUT2D eigenvalue weighted by Crippen LogP contribution is 2.45. The molecule has 0 aromatic heterocycles. The van der Waals surface area contributed by atoms with E-state index in [2.05, 4.69) is 0 Å². The molecule has 0 spiro atoms. The summed E-state index contributed by atoms with van der Waals surface area (Å²) >= 11 is 0. The summed E-state index contributed by atoms with van der Waals surface area (Å²) in [7, 11) is 0. The average Bonchev–Trinajstić information content (AvgIpc) is 2.61. The number of fused-ring (bicyclic) bond motifs is 1. The van der Waals surface area contributed by atoms with Gasteiger partial charge in [0, 0.05) is 19.5 Å². The van der Waals surface area contributed by atoms with Gasteiger partial charge in [0.1, 0.15) is 11.7 Å². The predicted octanol–water partition coefficient (Wildman–Crippen LogP) is 3.42. The van der Waals surface area contributed by atoms with Gasteiger partial charge in [-0.05, 0) is 45.6 Å². The van der Waals surface area contributed by atoms with Gasteiger partial charge in [-0.3, -0.25) is 14.9 Å². The lowest BCUT2D eigenvalue weighted by atomic mass is 9.85. The lowest BCUT2D eigenvalue weighted by Crippen LogP contribution is -2.45. The van der Waals surface area contributed by atoms with Crippen LogP contribution in [0.2, 0.25) is 0 Å². The second kappa shape index (κ2) is 7.49. The van der Waals surface area contributed by atoms with Crippen molar-refractivity contribution in [3.63, 3.8) is 0 Å². The highest BCUT2D eigenvalue weighted by Gasteiger charge is 2.41. The number of phenolic OH excluding ortho intramolecular Hbond substituents is 1. The minimum absolute atomic E-state index is 0.0501. The number of nitrogens with zero attached hydrogens (tertiary/aromatic N) is 2. The van der Waals surface area contributed by atoms with E-state index in [0.29, 0.717) is 25.9 Å². The summed E-state index contributed by atoms with van der Waals surface area (Å²) in [6, 6.07) is 0.765. The number of carbonyl (C=O) groups excluding carboxylic acids is 2. The number of piperidine rings is 1. The number of halogens is 1. The van der Waals surface area contributed by atoms with Crippen LogP contribution in [0.15, 0.2) is 6.07 Å². The number of aromatic hydroxyl groups is 1. The fourth-order valence-electron chi connectivity index (χ4n) is 3.63. The summed E-state index contributed by atoms with van der Waals surface area (Å²) in [6.07, 6.45) is -0.0794. The van der Waals surface area contributed by atoms with E-state index in [0.717, 1.165) is 6.07 Å². The molecule has 29 heavy (non-hydrogen) atoms. The molecule has 2 aliphatic heterocycles. The molecule has 0 radical (unpaired) electrons. The zero-order chi connectivity index (χ0) is 21.5. The largest absolute Gasteiger partial charge is 0.500 e. The third-order valence-corrected chi connectivity index (χ3v) is 5.04. The molecule has 1 aromatic carbocycles. The smallest absolute Gasteiger partial charge is 0.410 e. The Bertz CT molecular complexity index is 857. The molecule has 1 aromatic rings. The van der Waals surface area contributed by atoms with Crippen molar-refractivity contribution in [3.8, 4) is 11.5 Å². The zero-order valence-electron chi connectivity index (χ0n) is 16.4. The second-order valence-electron chi connectivity index (χ2n) is 8.28. The molecule has 2 aliphatic rings. The Morgan fingerprint density at radius 2 is 2.00 bits per heavy atom. The van der Waals surface area contributed by atoms with Crippen LogP contribution in [-0.4, -0.2) is 51.6 Å². The number of ketones is 1. The third-order valence-electron chi connectivity index (χ3n) is 5.04. The van der Waals surface area contributed by atoms with E-state index in [-0.39, 0.29) is 17.9 Å². The number of Topliss-reactive ketones (excluding diaryl/α,β-unsaturated/α-hetero) is 1. The van der Waals surface area contributed by atoms with Gasteiger partial charge in [-0.25, -0.2) is 9.18 Å². The van der Waals surface area contributed by atoms with Crippen LogP contribution in [0.4, 0.5) is 14.9 Å². The molecule has 1 amide bonds. The second-order valence-corrected chi connectivity index (χ2v) is 8.28. The van der Waals surface area contributed by atoms with E-state index >= 15 is 0 Å². The van der Waals surface area contributed by atoms with E-state index in [4.69, 9.17) is 9.47 Å². The SMILES string of the molecule is CC(C)(C)OC(=O)N1CCC(C2CC(=O)c3cc(F)c(O)c([N+](=O)[O-])c3O2)CC1. The van der Waals surface area contributed by atoms with Crippen molar-refractivity contribution in [1.82, 2.24) is 4.90 Å². The number of carbonyl (C=O) groups is 2. The lowest BCUT2D eigenvalue weighted by molar-refractivity contribution is -0.387. The van der Waals surface area contributed by atoms with Gasteiger partial charge in [-0.2, -0.15) is 0 Å². The molecular weight excluding hydrogens is 387 g/mol. The zero-order valence-corrected chi connectivity index (χ0v) is 16.4. The van der Waals surface area contributed by atoms with Crippen molar-refractivity contribution >= 4 is 17.6 Å². The van der Waals surface area contributed by atoms with Crippen LogP contribution in [-0.2, 0) is 4.74 Å². The Morgan fingerprint density at radius 3 is 2.55 bits per heavy atom. The van der Waals surface area contributed by atoms with Crippen LogP contribution in [0.5, 0.6) is 11.5 Å². The highest BCUT2D eigenvalue weighted by molar-refractivity contribution is 6.01. The Balaban J connectivity index is 1.75. The number of hydrogen-bond donors (Lipinski definition) is 1. The molecule has 1 saturated heterocycles. The van der Waals surface area contributed by atoms with E-state index in [1.165, 1.54) is 0 Å². The highest BCUT2D eigenvalue weighted by atomic mass is 19.1. The Hall–Kier alpha value is -2.91. The van der Waals surface area contributed by atoms with Gasteiger partial charge in [0.15, 0.2) is 11.6 Å².